The van der Waals surface area contributed by atoms with Gasteiger partial charge in [-0.25, -0.2) is 4.98 Å². The van der Waals surface area contributed by atoms with Crippen LogP contribution in [0.5, 0.6) is 0 Å². The average Bonchev–Trinajstić information content (AvgIpc) is 2.70. The summed E-state index contributed by atoms with van der Waals surface area (Å²) in [4.78, 5) is 17.6. The number of nitrogens with one attached hydrogen (secondary N) is 2. The Labute approximate surface area is 124 Å². The maximum atomic E-state index is 11.9. The summed E-state index contributed by atoms with van der Waals surface area (Å²) >= 11 is 1.57. The second kappa shape index (κ2) is 7.82. The molecule has 0 unspecified atom stereocenters. The molecule has 6 heteroatoms. The van der Waals surface area contributed by atoms with E-state index in [0.29, 0.717) is 12.3 Å². The molecule has 2 rings (SSSR count). The van der Waals surface area contributed by atoms with Crippen LogP contribution in [-0.2, 0) is 11.2 Å². The van der Waals surface area contributed by atoms with Gasteiger partial charge < -0.3 is 10.6 Å². The third kappa shape index (κ3) is 4.75. The van der Waals surface area contributed by atoms with E-state index in [1.54, 1.807) is 11.3 Å². The third-order valence-corrected chi connectivity index (χ3v) is 4.34. The van der Waals surface area contributed by atoms with Crippen molar-refractivity contribution in [1.82, 2.24) is 10.3 Å². The molecule has 1 aliphatic rings. The standard InChI is InChI=1S/C13H21N3OS.ClH/c1-3-11-9(2)18-13(15-11)16-12(17)8-10-4-6-14-7-5-10;/h10,14H,3-8H2,1-2H3,(H,15,16,17);1H. The van der Waals surface area contributed by atoms with E-state index in [1.807, 2.05) is 0 Å². The number of anilines is 1. The van der Waals surface area contributed by atoms with Gasteiger partial charge in [-0.15, -0.1) is 23.7 Å². The average molecular weight is 304 g/mol. The fourth-order valence-corrected chi connectivity index (χ4v) is 3.25. The number of hydrogen-bond acceptors (Lipinski definition) is 4. The van der Waals surface area contributed by atoms with Crippen LogP contribution in [0.1, 0.15) is 36.8 Å². The number of rotatable bonds is 4. The Morgan fingerprint density at radius 3 is 2.74 bits per heavy atom. The molecule has 2 N–H and O–H groups in total. The molecular weight excluding hydrogens is 282 g/mol. The maximum absolute atomic E-state index is 11.9. The van der Waals surface area contributed by atoms with E-state index in [2.05, 4.69) is 29.5 Å². The van der Waals surface area contributed by atoms with Crippen LogP contribution in [0.15, 0.2) is 0 Å². The lowest BCUT2D eigenvalue weighted by Crippen LogP contribution is -2.30. The molecule has 0 atom stereocenters. The number of hydrogen-bond donors (Lipinski definition) is 2. The first-order valence-electron chi connectivity index (χ1n) is 6.66. The molecule has 1 aromatic heterocycles. The molecule has 0 radical (unpaired) electrons. The van der Waals surface area contributed by atoms with Gasteiger partial charge in [-0.3, -0.25) is 4.79 Å². The number of nitrogens with zero attached hydrogens (tertiary/aromatic N) is 1. The van der Waals surface area contributed by atoms with Gasteiger partial charge >= 0.3 is 0 Å². The van der Waals surface area contributed by atoms with Crippen molar-refractivity contribution in [3.63, 3.8) is 0 Å². The van der Waals surface area contributed by atoms with Gasteiger partial charge in [0.2, 0.25) is 5.91 Å². The molecule has 1 aromatic rings. The lowest BCUT2D eigenvalue weighted by Gasteiger charge is -2.21. The van der Waals surface area contributed by atoms with Gasteiger partial charge in [-0.2, -0.15) is 0 Å². The first-order chi connectivity index (χ1) is 8.69. The maximum Gasteiger partial charge on any atom is 0.226 e. The highest BCUT2D eigenvalue weighted by atomic mass is 35.5. The highest BCUT2D eigenvalue weighted by Crippen LogP contribution is 2.23. The van der Waals surface area contributed by atoms with Gasteiger partial charge in [0.15, 0.2) is 5.13 Å². The number of aromatic nitrogens is 1. The van der Waals surface area contributed by atoms with Crippen LogP contribution in [0.25, 0.3) is 0 Å². The molecule has 0 spiro atoms. The smallest absolute Gasteiger partial charge is 0.226 e. The minimum atomic E-state index is 0. The molecular formula is C13H22ClN3OS. The Morgan fingerprint density at radius 1 is 1.47 bits per heavy atom. The van der Waals surface area contributed by atoms with Gasteiger partial charge in [0.25, 0.3) is 0 Å². The van der Waals surface area contributed by atoms with Crippen molar-refractivity contribution in [3.8, 4) is 0 Å². The zero-order valence-corrected chi connectivity index (χ0v) is 13.1. The minimum absolute atomic E-state index is 0. The molecule has 1 fully saturated rings. The number of thiazole rings is 1. The summed E-state index contributed by atoms with van der Waals surface area (Å²) in [5.41, 5.74) is 1.09. The molecule has 4 nitrogen and oxygen atoms in total. The summed E-state index contributed by atoms with van der Waals surface area (Å²) in [6.45, 7) is 6.21. The molecule has 19 heavy (non-hydrogen) atoms. The van der Waals surface area contributed by atoms with Crippen molar-refractivity contribution in [2.24, 2.45) is 5.92 Å². The van der Waals surface area contributed by atoms with Gasteiger partial charge in [0.1, 0.15) is 0 Å². The minimum Gasteiger partial charge on any atom is -0.317 e. The summed E-state index contributed by atoms with van der Waals surface area (Å²) in [6, 6.07) is 0. The lowest BCUT2D eigenvalue weighted by molar-refractivity contribution is -0.117. The number of carbonyl (C=O) groups excluding carboxylic acids is 1. The van der Waals surface area contributed by atoms with E-state index in [1.165, 1.54) is 4.88 Å². The van der Waals surface area contributed by atoms with Gasteiger partial charge in [-0.05, 0) is 45.2 Å². The zero-order chi connectivity index (χ0) is 13.0. The van der Waals surface area contributed by atoms with Gasteiger partial charge in [-0.1, -0.05) is 6.92 Å². The van der Waals surface area contributed by atoms with Crippen molar-refractivity contribution in [3.05, 3.63) is 10.6 Å². The monoisotopic (exact) mass is 303 g/mol. The van der Waals surface area contributed by atoms with Crippen molar-refractivity contribution < 1.29 is 4.79 Å². The Kier molecular flexibility index (Phi) is 6.75. The Morgan fingerprint density at radius 2 is 2.16 bits per heavy atom. The van der Waals surface area contributed by atoms with Crippen LogP contribution in [0.4, 0.5) is 5.13 Å². The van der Waals surface area contributed by atoms with Crippen LogP contribution in [0.3, 0.4) is 0 Å². The predicted molar refractivity (Wildman–Crippen MR) is 82.3 cm³/mol. The topological polar surface area (TPSA) is 54.0 Å². The van der Waals surface area contributed by atoms with E-state index in [9.17, 15) is 4.79 Å². The van der Waals surface area contributed by atoms with E-state index in [4.69, 9.17) is 0 Å². The molecule has 0 aromatic carbocycles. The number of amides is 1. The molecule has 2 heterocycles. The van der Waals surface area contributed by atoms with E-state index in [-0.39, 0.29) is 18.3 Å². The van der Waals surface area contributed by atoms with Gasteiger partial charge in [0.05, 0.1) is 5.69 Å². The van der Waals surface area contributed by atoms with E-state index < -0.39 is 0 Å². The highest BCUT2D eigenvalue weighted by molar-refractivity contribution is 7.15. The van der Waals surface area contributed by atoms with E-state index >= 15 is 0 Å². The highest BCUT2D eigenvalue weighted by Gasteiger charge is 2.17. The molecule has 1 aliphatic heterocycles. The molecule has 0 saturated carbocycles. The fourth-order valence-electron chi connectivity index (χ4n) is 2.33. The number of aryl methyl sites for hydroxylation is 2. The van der Waals surface area contributed by atoms with Crippen molar-refractivity contribution in [1.29, 1.82) is 0 Å². The molecule has 1 amide bonds. The third-order valence-electron chi connectivity index (χ3n) is 3.41. The number of piperidine rings is 1. The SMILES string of the molecule is CCc1nc(NC(=O)CC2CCNCC2)sc1C.Cl. The summed E-state index contributed by atoms with van der Waals surface area (Å²) in [7, 11) is 0. The van der Waals surface area contributed by atoms with Crippen LogP contribution in [0, 0.1) is 12.8 Å². The quantitative estimate of drug-likeness (QED) is 0.899. The van der Waals surface area contributed by atoms with Crippen molar-refractivity contribution in [2.45, 2.75) is 39.5 Å². The molecule has 108 valence electrons. The number of halogens is 1. The first-order valence-corrected chi connectivity index (χ1v) is 7.47. The van der Waals surface area contributed by atoms with Gasteiger partial charge in [0, 0.05) is 11.3 Å². The van der Waals surface area contributed by atoms with Crippen LogP contribution in [-0.4, -0.2) is 24.0 Å². The molecule has 0 aliphatic carbocycles. The van der Waals surface area contributed by atoms with Crippen LogP contribution < -0.4 is 10.6 Å². The van der Waals surface area contributed by atoms with E-state index in [0.717, 1.165) is 43.2 Å². The van der Waals surface area contributed by atoms with Crippen molar-refractivity contribution in [2.75, 3.05) is 18.4 Å². The Bertz CT molecular complexity index is 416. The normalized spacial score (nSPS) is 15.9. The largest absolute Gasteiger partial charge is 0.317 e. The summed E-state index contributed by atoms with van der Waals surface area (Å²) < 4.78 is 0. The predicted octanol–water partition coefficient (Wildman–Crippen LogP) is 2.76. The summed E-state index contributed by atoms with van der Waals surface area (Å²) in [5, 5.41) is 7.00. The summed E-state index contributed by atoms with van der Waals surface area (Å²) in [6.07, 6.45) is 3.75. The van der Waals surface area contributed by atoms with Crippen LogP contribution >= 0.6 is 23.7 Å². The second-order valence-electron chi connectivity index (χ2n) is 4.82. The Hall–Kier alpha value is -0.650. The zero-order valence-electron chi connectivity index (χ0n) is 11.5. The molecule has 0 bridgehead atoms. The Balaban J connectivity index is 0.00000180. The lowest BCUT2D eigenvalue weighted by atomic mass is 9.94. The fraction of sp³-hybridized carbons (Fsp3) is 0.692. The van der Waals surface area contributed by atoms with Crippen molar-refractivity contribution >= 4 is 34.8 Å². The van der Waals surface area contributed by atoms with Crippen LogP contribution in [0.2, 0.25) is 0 Å². The second-order valence-corrected chi connectivity index (χ2v) is 6.02. The molecule has 1 saturated heterocycles. The first kappa shape index (κ1) is 16.4. The number of carbonyl (C=O) groups is 1. The summed E-state index contributed by atoms with van der Waals surface area (Å²) in [5.74, 6) is 0.635.